The van der Waals surface area contributed by atoms with Crippen LogP contribution >= 0.6 is 0 Å². The third-order valence-electron chi connectivity index (χ3n) is 3.67. The Morgan fingerprint density at radius 1 is 1.05 bits per heavy atom. The topological polar surface area (TPSA) is 44.9 Å². The van der Waals surface area contributed by atoms with Gasteiger partial charge in [-0.05, 0) is 44.0 Å². The number of hydrogen-bond acceptors (Lipinski definition) is 2. The van der Waals surface area contributed by atoms with Crippen LogP contribution in [0.15, 0.2) is 30.5 Å². The van der Waals surface area contributed by atoms with Gasteiger partial charge in [0, 0.05) is 23.5 Å². The molecule has 0 bridgehead atoms. The Kier molecular flexibility index (Phi) is 6.32. The number of aromatic nitrogens is 1. The Morgan fingerprint density at radius 2 is 1.90 bits per heavy atom. The van der Waals surface area contributed by atoms with Crippen LogP contribution in [0.2, 0.25) is 0 Å². The number of fused-ring (bicyclic) bond motifs is 1. The van der Waals surface area contributed by atoms with Gasteiger partial charge in [-0.2, -0.15) is 0 Å². The van der Waals surface area contributed by atoms with Crippen LogP contribution in [0.25, 0.3) is 10.9 Å². The van der Waals surface area contributed by atoms with Gasteiger partial charge in [-0.1, -0.05) is 31.0 Å². The average Bonchev–Trinajstić information content (AvgIpc) is 2.89. The summed E-state index contributed by atoms with van der Waals surface area (Å²) in [7, 11) is 0. The van der Waals surface area contributed by atoms with E-state index in [1.165, 1.54) is 35.7 Å². The zero-order chi connectivity index (χ0) is 14.0. The van der Waals surface area contributed by atoms with Crippen LogP contribution in [0.5, 0.6) is 0 Å². The summed E-state index contributed by atoms with van der Waals surface area (Å²) >= 11 is 0. The standard InChI is InChI=1S/C17H24N2O/c20-13-7-3-1-2-6-11-18-12-10-15-14-19-17-9-5-4-8-16(15)17/h4-5,8-9,13-14,18-19H,1-3,6-7,10-12H2. The number of H-pyrrole nitrogens is 1. The Hall–Kier alpha value is -1.61. The molecular formula is C17H24N2O. The fourth-order valence-electron chi connectivity index (χ4n) is 2.52. The molecule has 0 aliphatic carbocycles. The molecule has 0 atom stereocenters. The van der Waals surface area contributed by atoms with Gasteiger partial charge in [0.2, 0.25) is 0 Å². The fraction of sp³-hybridized carbons (Fsp3) is 0.471. The molecule has 20 heavy (non-hydrogen) atoms. The Bertz CT molecular complexity index is 518. The van der Waals surface area contributed by atoms with E-state index >= 15 is 0 Å². The first kappa shape index (κ1) is 14.8. The number of hydrogen-bond donors (Lipinski definition) is 2. The van der Waals surface area contributed by atoms with Crippen LogP contribution < -0.4 is 5.32 Å². The number of benzene rings is 1. The van der Waals surface area contributed by atoms with Crippen molar-refractivity contribution in [3.05, 3.63) is 36.0 Å². The van der Waals surface area contributed by atoms with E-state index in [1.54, 1.807) is 0 Å². The third kappa shape index (κ3) is 4.49. The van der Waals surface area contributed by atoms with E-state index in [2.05, 4.69) is 40.8 Å². The lowest BCUT2D eigenvalue weighted by atomic mass is 10.1. The molecule has 1 heterocycles. The van der Waals surface area contributed by atoms with Crippen molar-refractivity contribution in [3.8, 4) is 0 Å². The van der Waals surface area contributed by atoms with Crippen LogP contribution in [0.1, 0.15) is 37.7 Å². The van der Waals surface area contributed by atoms with E-state index in [-0.39, 0.29) is 0 Å². The van der Waals surface area contributed by atoms with Gasteiger partial charge in [0.15, 0.2) is 0 Å². The summed E-state index contributed by atoms with van der Waals surface area (Å²) in [6.45, 7) is 2.10. The lowest BCUT2D eigenvalue weighted by molar-refractivity contribution is -0.107. The summed E-state index contributed by atoms with van der Waals surface area (Å²) in [5.74, 6) is 0. The number of para-hydroxylation sites is 1. The number of aromatic amines is 1. The van der Waals surface area contributed by atoms with E-state index in [4.69, 9.17) is 0 Å². The molecule has 0 unspecified atom stereocenters. The van der Waals surface area contributed by atoms with E-state index in [9.17, 15) is 4.79 Å². The molecule has 1 aromatic heterocycles. The predicted molar refractivity (Wildman–Crippen MR) is 84.0 cm³/mol. The summed E-state index contributed by atoms with van der Waals surface area (Å²) in [6.07, 6.45) is 9.54. The molecule has 0 saturated heterocycles. The summed E-state index contributed by atoms with van der Waals surface area (Å²) in [5, 5.41) is 4.83. The van der Waals surface area contributed by atoms with E-state index in [0.717, 1.165) is 32.2 Å². The number of nitrogens with one attached hydrogen (secondary N) is 2. The van der Waals surface area contributed by atoms with Crippen LogP contribution in [0, 0.1) is 0 Å². The predicted octanol–water partition coefficient (Wildman–Crippen LogP) is 3.45. The minimum Gasteiger partial charge on any atom is -0.361 e. The largest absolute Gasteiger partial charge is 0.361 e. The van der Waals surface area contributed by atoms with Crippen LogP contribution in [-0.2, 0) is 11.2 Å². The molecule has 0 saturated carbocycles. The number of carbonyl (C=O) groups is 1. The second kappa shape index (κ2) is 8.54. The average molecular weight is 272 g/mol. The molecule has 0 radical (unpaired) electrons. The van der Waals surface area contributed by atoms with Crippen molar-refractivity contribution in [3.63, 3.8) is 0 Å². The summed E-state index contributed by atoms with van der Waals surface area (Å²) < 4.78 is 0. The second-order valence-electron chi connectivity index (χ2n) is 5.23. The lowest BCUT2D eigenvalue weighted by Crippen LogP contribution is -2.18. The SMILES string of the molecule is O=CCCCCCCNCCc1c[nH]c2ccccc12. The van der Waals surface area contributed by atoms with Crippen molar-refractivity contribution in [2.75, 3.05) is 13.1 Å². The zero-order valence-corrected chi connectivity index (χ0v) is 12.0. The molecule has 0 fully saturated rings. The van der Waals surface area contributed by atoms with Gasteiger partial charge in [-0.25, -0.2) is 0 Å². The van der Waals surface area contributed by atoms with E-state index in [0.29, 0.717) is 6.42 Å². The molecule has 2 rings (SSSR count). The zero-order valence-electron chi connectivity index (χ0n) is 12.0. The molecule has 2 aromatic rings. The Balaban J connectivity index is 1.58. The van der Waals surface area contributed by atoms with E-state index in [1.807, 2.05) is 0 Å². The first-order valence-corrected chi connectivity index (χ1v) is 7.61. The molecule has 2 N–H and O–H groups in total. The number of unbranched alkanes of at least 4 members (excludes halogenated alkanes) is 4. The first-order chi connectivity index (χ1) is 9.92. The number of rotatable bonds is 10. The van der Waals surface area contributed by atoms with Gasteiger partial charge in [-0.3, -0.25) is 0 Å². The van der Waals surface area contributed by atoms with Gasteiger partial charge in [-0.15, -0.1) is 0 Å². The van der Waals surface area contributed by atoms with Crippen molar-refractivity contribution in [2.24, 2.45) is 0 Å². The molecule has 1 aromatic carbocycles. The minimum atomic E-state index is 0.716. The van der Waals surface area contributed by atoms with Gasteiger partial charge in [0.1, 0.15) is 6.29 Å². The van der Waals surface area contributed by atoms with Crippen LogP contribution in [0.4, 0.5) is 0 Å². The maximum atomic E-state index is 10.2. The highest BCUT2D eigenvalue weighted by Gasteiger charge is 2.01. The van der Waals surface area contributed by atoms with E-state index < -0.39 is 0 Å². The van der Waals surface area contributed by atoms with Crippen molar-refractivity contribution >= 4 is 17.2 Å². The quantitative estimate of drug-likeness (QED) is 0.514. The highest BCUT2D eigenvalue weighted by molar-refractivity contribution is 5.83. The molecule has 3 nitrogen and oxygen atoms in total. The fourth-order valence-corrected chi connectivity index (χ4v) is 2.52. The molecule has 0 amide bonds. The summed E-state index contributed by atoms with van der Waals surface area (Å²) in [4.78, 5) is 13.5. The smallest absolute Gasteiger partial charge is 0.119 e. The summed E-state index contributed by atoms with van der Waals surface area (Å²) in [5.41, 5.74) is 2.61. The summed E-state index contributed by atoms with van der Waals surface area (Å²) in [6, 6.07) is 8.44. The second-order valence-corrected chi connectivity index (χ2v) is 5.23. The highest BCUT2D eigenvalue weighted by atomic mass is 16.1. The Labute approximate surface area is 120 Å². The van der Waals surface area contributed by atoms with Gasteiger partial charge in [0.25, 0.3) is 0 Å². The maximum absolute atomic E-state index is 10.2. The Morgan fingerprint density at radius 3 is 2.80 bits per heavy atom. The highest BCUT2D eigenvalue weighted by Crippen LogP contribution is 2.17. The monoisotopic (exact) mass is 272 g/mol. The molecule has 108 valence electrons. The van der Waals surface area contributed by atoms with Crippen molar-refractivity contribution in [2.45, 2.75) is 38.5 Å². The molecule has 0 aliphatic heterocycles. The molecule has 0 aliphatic rings. The van der Waals surface area contributed by atoms with Crippen molar-refractivity contribution in [1.82, 2.24) is 10.3 Å². The minimum absolute atomic E-state index is 0.716. The first-order valence-electron chi connectivity index (χ1n) is 7.61. The lowest BCUT2D eigenvalue weighted by Gasteiger charge is -2.04. The van der Waals surface area contributed by atoms with Crippen molar-refractivity contribution < 1.29 is 4.79 Å². The number of carbonyl (C=O) groups excluding carboxylic acids is 1. The maximum Gasteiger partial charge on any atom is 0.119 e. The van der Waals surface area contributed by atoms with Crippen molar-refractivity contribution in [1.29, 1.82) is 0 Å². The van der Waals surface area contributed by atoms with Gasteiger partial charge < -0.3 is 15.1 Å². The molecule has 0 spiro atoms. The van der Waals surface area contributed by atoms with Gasteiger partial charge >= 0.3 is 0 Å². The molecule has 3 heteroatoms. The van der Waals surface area contributed by atoms with Crippen LogP contribution in [-0.4, -0.2) is 24.4 Å². The molecular weight excluding hydrogens is 248 g/mol. The van der Waals surface area contributed by atoms with Crippen LogP contribution in [0.3, 0.4) is 0 Å². The third-order valence-corrected chi connectivity index (χ3v) is 3.67. The number of aldehydes is 1. The normalized spacial score (nSPS) is 11.0. The van der Waals surface area contributed by atoms with Gasteiger partial charge in [0.05, 0.1) is 0 Å².